The number of aromatic nitrogens is 1. The standard InChI is InChI=1S/C21H24ClN5O2/c1-24-9-7-21(12-24)8-10-26(13-21)20(29)27-16-6-4-3-5-15(16)23-19(28)18-17(27)14(22)11-25(18)2/h3-6,11H,7-10,12-13H2,1-2H3,(H,23,28). The van der Waals surface area contributed by atoms with Crippen molar-refractivity contribution in [3.63, 3.8) is 0 Å². The van der Waals surface area contributed by atoms with Crippen LogP contribution in [0.3, 0.4) is 0 Å². The number of benzene rings is 1. The van der Waals surface area contributed by atoms with Crippen molar-refractivity contribution < 1.29 is 9.59 Å². The zero-order valence-corrected chi connectivity index (χ0v) is 17.4. The molecule has 3 aliphatic rings. The number of amides is 3. The van der Waals surface area contributed by atoms with Crippen LogP contribution in [-0.2, 0) is 7.05 Å². The Hall–Kier alpha value is -2.51. The molecule has 0 radical (unpaired) electrons. The largest absolute Gasteiger partial charge is 0.343 e. The Balaban J connectivity index is 1.58. The molecule has 3 amide bonds. The molecule has 4 heterocycles. The van der Waals surface area contributed by atoms with Gasteiger partial charge in [0.2, 0.25) is 0 Å². The van der Waals surface area contributed by atoms with Gasteiger partial charge in [-0.25, -0.2) is 4.79 Å². The lowest BCUT2D eigenvalue weighted by Crippen LogP contribution is -2.41. The Morgan fingerprint density at radius 3 is 2.66 bits per heavy atom. The van der Waals surface area contributed by atoms with E-state index in [0.29, 0.717) is 34.3 Å². The minimum absolute atomic E-state index is 0.130. The molecule has 2 aromatic rings. The topological polar surface area (TPSA) is 60.8 Å². The van der Waals surface area contributed by atoms with Gasteiger partial charge in [0.25, 0.3) is 5.91 Å². The lowest BCUT2D eigenvalue weighted by atomic mass is 9.86. The van der Waals surface area contributed by atoms with Crippen molar-refractivity contribution in [1.29, 1.82) is 0 Å². The van der Waals surface area contributed by atoms with Crippen LogP contribution in [0.2, 0.25) is 5.02 Å². The maximum atomic E-state index is 13.8. The maximum Gasteiger partial charge on any atom is 0.329 e. The van der Waals surface area contributed by atoms with Crippen molar-refractivity contribution >= 4 is 40.6 Å². The second kappa shape index (κ2) is 6.50. The third-order valence-corrected chi connectivity index (χ3v) is 6.75. The minimum Gasteiger partial charge on any atom is -0.343 e. The zero-order chi connectivity index (χ0) is 20.3. The van der Waals surface area contributed by atoms with Crippen molar-refractivity contribution in [3.8, 4) is 0 Å². The summed E-state index contributed by atoms with van der Waals surface area (Å²) in [5, 5.41) is 3.31. The number of nitrogens with zero attached hydrogens (tertiary/aromatic N) is 4. The van der Waals surface area contributed by atoms with Gasteiger partial charge in [-0.2, -0.15) is 0 Å². The van der Waals surface area contributed by atoms with Crippen LogP contribution in [0.4, 0.5) is 21.9 Å². The third-order valence-electron chi connectivity index (χ3n) is 6.47. The van der Waals surface area contributed by atoms with Crippen molar-refractivity contribution in [2.75, 3.05) is 43.4 Å². The predicted molar refractivity (Wildman–Crippen MR) is 113 cm³/mol. The van der Waals surface area contributed by atoms with Crippen LogP contribution in [0.5, 0.6) is 0 Å². The summed E-state index contributed by atoms with van der Waals surface area (Å²) in [5.41, 5.74) is 2.25. The molecule has 5 rings (SSSR count). The van der Waals surface area contributed by atoms with Crippen LogP contribution in [0.25, 0.3) is 0 Å². The van der Waals surface area contributed by atoms with Crippen LogP contribution in [0.1, 0.15) is 23.3 Å². The summed E-state index contributed by atoms with van der Waals surface area (Å²) in [6.45, 7) is 3.54. The van der Waals surface area contributed by atoms with E-state index >= 15 is 0 Å². The molecule has 0 bridgehead atoms. The van der Waals surface area contributed by atoms with E-state index < -0.39 is 0 Å². The van der Waals surface area contributed by atoms with Gasteiger partial charge in [0.15, 0.2) is 0 Å². The molecule has 7 nitrogen and oxygen atoms in total. The van der Waals surface area contributed by atoms with Crippen LogP contribution < -0.4 is 10.2 Å². The van der Waals surface area contributed by atoms with E-state index in [-0.39, 0.29) is 17.4 Å². The minimum atomic E-state index is -0.271. The molecule has 0 saturated carbocycles. The zero-order valence-electron chi connectivity index (χ0n) is 16.6. The van der Waals surface area contributed by atoms with E-state index in [1.807, 2.05) is 29.2 Å². The van der Waals surface area contributed by atoms with Crippen molar-refractivity contribution in [3.05, 3.63) is 41.2 Å². The molecule has 3 aliphatic heterocycles. The summed E-state index contributed by atoms with van der Waals surface area (Å²) in [7, 11) is 3.90. The molecule has 29 heavy (non-hydrogen) atoms. The van der Waals surface area contributed by atoms with Gasteiger partial charge in [0, 0.05) is 38.3 Å². The first kappa shape index (κ1) is 18.5. The van der Waals surface area contributed by atoms with Gasteiger partial charge in [-0.1, -0.05) is 23.7 Å². The molecular formula is C21H24ClN5O2. The first-order valence-corrected chi connectivity index (χ1v) is 10.3. The monoisotopic (exact) mass is 413 g/mol. The Labute approximate surface area is 174 Å². The fourth-order valence-corrected chi connectivity index (χ4v) is 5.38. The fourth-order valence-electron chi connectivity index (χ4n) is 5.06. The number of fused-ring (bicyclic) bond motifs is 2. The Kier molecular flexibility index (Phi) is 4.15. The van der Waals surface area contributed by atoms with Crippen molar-refractivity contribution in [2.45, 2.75) is 12.8 Å². The molecule has 0 aliphatic carbocycles. The first-order valence-electron chi connectivity index (χ1n) is 9.91. The molecular weight excluding hydrogens is 390 g/mol. The average molecular weight is 414 g/mol. The van der Waals surface area contributed by atoms with Gasteiger partial charge in [0.05, 0.1) is 16.4 Å². The van der Waals surface area contributed by atoms with E-state index in [1.165, 1.54) is 0 Å². The number of carbonyl (C=O) groups excluding carboxylic acids is 2. The number of rotatable bonds is 0. The van der Waals surface area contributed by atoms with Crippen molar-refractivity contribution in [2.24, 2.45) is 12.5 Å². The summed E-state index contributed by atoms with van der Waals surface area (Å²) < 4.78 is 1.68. The molecule has 1 spiro atoms. The molecule has 2 saturated heterocycles. The third kappa shape index (κ3) is 2.83. The number of urea groups is 1. The van der Waals surface area contributed by atoms with Crippen LogP contribution >= 0.6 is 11.6 Å². The van der Waals surface area contributed by atoms with E-state index in [9.17, 15) is 9.59 Å². The lowest BCUT2D eigenvalue weighted by molar-refractivity contribution is 0.102. The Morgan fingerprint density at radius 1 is 1.14 bits per heavy atom. The number of nitrogens with one attached hydrogen (secondary N) is 1. The van der Waals surface area contributed by atoms with Gasteiger partial charge in [-0.15, -0.1) is 0 Å². The molecule has 2 fully saturated rings. The number of aryl methyl sites for hydroxylation is 1. The van der Waals surface area contributed by atoms with E-state index in [0.717, 1.165) is 32.5 Å². The SMILES string of the molecule is CN1CCC2(CCN(C(=O)N3c4ccccc4NC(=O)c4c3c(Cl)cn4C)C2)C1. The highest BCUT2D eigenvalue weighted by Crippen LogP contribution is 2.45. The summed E-state index contributed by atoms with van der Waals surface area (Å²) in [4.78, 5) is 32.6. The summed E-state index contributed by atoms with van der Waals surface area (Å²) in [5.74, 6) is -0.271. The summed E-state index contributed by atoms with van der Waals surface area (Å²) in [6, 6.07) is 7.24. The molecule has 1 atom stereocenters. The van der Waals surface area contributed by atoms with Gasteiger partial charge in [-0.3, -0.25) is 9.69 Å². The summed E-state index contributed by atoms with van der Waals surface area (Å²) >= 11 is 6.53. The quantitative estimate of drug-likeness (QED) is 0.718. The second-order valence-electron chi connectivity index (χ2n) is 8.53. The summed E-state index contributed by atoms with van der Waals surface area (Å²) in [6.07, 6.45) is 3.80. The van der Waals surface area contributed by atoms with Gasteiger partial charge in [-0.05, 0) is 38.6 Å². The number of halogens is 1. The number of para-hydroxylation sites is 2. The number of likely N-dealkylation sites (tertiary alicyclic amines) is 2. The molecule has 1 unspecified atom stereocenters. The highest BCUT2D eigenvalue weighted by molar-refractivity contribution is 6.36. The van der Waals surface area contributed by atoms with Crippen LogP contribution in [0, 0.1) is 5.41 Å². The van der Waals surface area contributed by atoms with Gasteiger partial charge >= 0.3 is 6.03 Å². The Morgan fingerprint density at radius 2 is 1.90 bits per heavy atom. The molecule has 152 valence electrons. The maximum absolute atomic E-state index is 13.8. The average Bonchev–Trinajstić information content (AvgIpc) is 3.32. The normalized spacial score (nSPS) is 23.9. The highest BCUT2D eigenvalue weighted by Gasteiger charge is 2.46. The predicted octanol–water partition coefficient (Wildman–Crippen LogP) is 3.53. The van der Waals surface area contributed by atoms with Crippen LogP contribution in [-0.4, -0.2) is 59.5 Å². The molecule has 1 N–H and O–H groups in total. The molecule has 8 heteroatoms. The van der Waals surface area contributed by atoms with E-state index in [1.54, 1.807) is 22.7 Å². The molecule has 1 aromatic carbocycles. The molecule has 1 aromatic heterocycles. The lowest BCUT2D eigenvalue weighted by Gasteiger charge is -2.30. The number of hydrogen-bond donors (Lipinski definition) is 1. The number of hydrogen-bond acceptors (Lipinski definition) is 3. The number of carbonyl (C=O) groups is 2. The van der Waals surface area contributed by atoms with Gasteiger partial charge < -0.3 is 19.7 Å². The van der Waals surface area contributed by atoms with Crippen LogP contribution in [0.15, 0.2) is 30.5 Å². The van der Waals surface area contributed by atoms with E-state index in [4.69, 9.17) is 11.6 Å². The highest BCUT2D eigenvalue weighted by atomic mass is 35.5. The fraction of sp³-hybridized carbons (Fsp3) is 0.429. The number of anilines is 3. The smallest absolute Gasteiger partial charge is 0.329 e. The second-order valence-corrected chi connectivity index (χ2v) is 8.94. The van der Waals surface area contributed by atoms with Gasteiger partial charge in [0.1, 0.15) is 11.4 Å². The Bertz CT molecular complexity index is 1020. The van der Waals surface area contributed by atoms with Crippen molar-refractivity contribution in [1.82, 2.24) is 14.4 Å². The first-order chi connectivity index (χ1) is 13.9. The van der Waals surface area contributed by atoms with E-state index in [2.05, 4.69) is 17.3 Å².